The molecule has 1 aliphatic carbocycles. The van der Waals surface area contributed by atoms with Crippen molar-refractivity contribution in [2.75, 3.05) is 0 Å². The second kappa shape index (κ2) is 4.33. The Morgan fingerprint density at radius 2 is 2.14 bits per heavy atom. The molecule has 1 rings (SSSR count). The van der Waals surface area contributed by atoms with Gasteiger partial charge in [0.15, 0.2) is 0 Å². The Kier molecular flexibility index (Phi) is 3.57. The molecule has 1 aliphatic rings. The summed E-state index contributed by atoms with van der Waals surface area (Å²) in [6.45, 7) is 8.75. The molecule has 0 aromatic heterocycles. The summed E-state index contributed by atoms with van der Waals surface area (Å²) in [4.78, 5) is 11.3. The van der Waals surface area contributed by atoms with Gasteiger partial charge in [-0.15, -0.1) is 0 Å². The van der Waals surface area contributed by atoms with Gasteiger partial charge in [-0.1, -0.05) is 27.7 Å². The van der Waals surface area contributed by atoms with Crippen LogP contribution in [-0.4, -0.2) is 11.9 Å². The van der Waals surface area contributed by atoms with Crippen LogP contribution in [0.25, 0.3) is 0 Å². The molecule has 0 aromatic carbocycles. The van der Waals surface area contributed by atoms with Crippen LogP contribution in [0.2, 0.25) is 0 Å². The molecule has 1 N–H and O–H groups in total. The summed E-state index contributed by atoms with van der Waals surface area (Å²) >= 11 is 0. The first-order chi connectivity index (χ1) is 6.44. The fourth-order valence-corrected chi connectivity index (χ4v) is 2.22. The van der Waals surface area contributed by atoms with Crippen molar-refractivity contribution in [3.05, 3.63) is 0 Å². The lowest BCUT2D eigenvalue weighted by Gasteiger charge is -2.39. The minimum absolute atomic E-state index is 0.194. The SMILES string of the molecule is CCC(=O)NC1CC(C)(C)CCC1C. The van der Waals surface area contributed by atoms with Gasteiger partial charge in [0.05, 0.1) is 0 Å². The largest absolute Gasteiger partial charge is 0.353 e. The van der Waals surface area contributed by atoms with Gasteiger partial charge in [-0.25, -0.2) is 0 Å². The zero-order valence-corrected chi connectivity index (χ0v) is 9.89. The van der Waals surface area contributed by atoms with Gasteiger partial charge in [-0.3, -0.25) is 4.79 Å². The highest BCUT2D eigenvalue weighted by Crippen LogP contribution is 2.37. The summed E-state index contributed by atoms with van der Waals surface area (Å²) in [5.74, 6) is 0.832. The molecule has 1 fully saturated rings. The van der Waals surface area contributed by atoms with E-state index in [2.05, 4.69) is 26.1 Å². The lowest BCUT2D eigenvalue weighted by Crippen LogP contribution is -2.45. The summed E-state index contributed by atoms with van der Waals surface area (Å²) in [5.41, 5.74) is 0.401. The first-order valence-corrected chi connectivity index (χ1v) is 5.74. The van der Waals surface area contributed by atoms with E-state index in [0.29, 0.717) is 23.8 Å². The van der Waals surface area contributed by atoms with Crippen molar-refractivity contribution < 1.29 is 4.79 Å². The minimum atomic E-state index is 0.194. The van der Waals surface area contributed by atoms with Crippen molar-refractivity contribution in [3.63, 3.8) is 0 Å². The molecule has 2 atom stereocenters. The van der Waals surface area contributed by atoms with Crippen molar-refractivity contribution in [2.24, 2.45) is 11.3 Å². The van der Waals surface area contributed by atoms with Gasteiger partial charge < -0.3 is 5.32 Å². The van der Waals surface area contributed by atoms with Crippen LogP contribution in [-0.2, 0) is 4.79 Å². The van der Waals surface area contributed by atoms with Crippen LogP contribution < -0.4 is 5.32 Å². The number of carbonyl (C=O) groups excluding carboxylic acids is 1. The molecule has 1 amide bonds. The third-order valence-electron chi connectivity index (χ3n) is 3.40. The molecule has 2 unspecified atom stereocenters. The highest BCUT2D eigenvalue weighted by atomic mass is 16.1. The minimum Gasteiger partial charge on any atom is -0.353 e. The van der Waals surface area contributed by atoms with Crippen LogP contribution in [0, 0.1) is 11.3 Å². The van der Waals surface area contributed by atoms with E-state index < -0.39 is 0 Å². The lowest BCUT2D eigenvalue weighted by atomic mass is 9.71. The average Bonchev–Trinajstić information content (AvgIpc) is 2.11. The van der Waals surface area contributed by atoms with E-state index in [0.717, 1.165) is 6.42 Å². The highest BCUT2D eigenvalue weighted by Gasteiger charge is 2.32. The number of amides is 1. The third kappa shape index (κ3) is 3.00. The van der Waals surface area contributed by atoms with E-state index in [9.17, 15) is 4.79 Å². The Bertz CT molecular complexity index is 210. The van der Waals surface area contributed by atoms with Gasteiger partial charge in [0, 0.05) is 12.5 Å². The molecule has 0 heterocycles. The summed E-state index contributed by atoms with van der Waals surface area (Å²) in [5, 5.41) is 3.13. The predicted octanol–water partition coefficient (Wildman–Crippen LogP) is 2.73. The molecule has 2 heteroatoms. The Balaban J connectivity index is 2.53. The number of hydrogen-bond acceptors (Lipinski definition) is 1. The Morgan fingerprint density at radius 3 is 2.71 bits per heavy atom. The topological polar surface area (TPSA) is 29.1 Å². The maximum Gasteiger partial charge on any atom is 0.219 e. The average molecular weight is 197 g/mol. The Labute approximate surface area is 87.5 Å². The van der Waals surface area contributed by atoms with E-state index in [-0.39, 0.29) is 5.91 Å². The van der Waals surface area contributed by atoms with Crippen molar-refractivity contribution in [2.45, 2.75) is 59.4 Å². The smallest absolute Gasteiger partial charge is 0.219 e. The first kappa shape index (κ1) is 11.5. The number of hydrogen-bond donors (Lipinski definition) is 1. The molecule has 0 radical (unpaired) electrons. The first-order valence-electron chi connectivity index (χ1n) is 5.74. The van der Waals surface area contributed by atoms with Crippen LogP contribution in [0.3, 0.4) is 0 Å². The number of rotatable bonds is 2. The van der Waals surface area contributed by atoms with E-state index in [1.54, 1.807) is 0 Å². The van der Waals surface area contributed by atoms with Gasteiger partial charge in [-0.2, -0.15) is 0 Å². The van der Waals surface area contributed by atoms with Crippen molar-refractivity contribution in [3.8, 4) is 0 Å². The van der Waals surface area contributed by atoms with Crippen LogP contribution >= 0.6 is 0 Å². The van der Waals surface area contributed by atoms with Gasteiger partial charge in [0.2, 0.25) is 5.91 Å². The summed E-state index contributed by atoms with van der Waals surface area (Å²) in [6.07, 6.45) is 4.25. The van der Waals surface area contributed by atoms with E-state index in [1.807, 2.05) is 6.92 Å². The molecule has 82 valence electrons. The van der Waals surface area contributed by atoms with Crippen LogP contribution in [0.1, 0.15) is 53.4 Å². The zero-order valence-electron chi connectivity index (χ0n) is 9.89. The molecule has 0 saturated heterocycles. The maximum absolute atomic E-state index is 11.3. The number of carbonyl (C=O) groups is 1. The second-order valence-electron chi connectivity index (χ2n) is 5.41. The van der Waals surface area contributed by atoms with Gasteiger partial charge in [0.25, 0.3) is 0 Å². The van der Waals surface area contributed by atoms with E-state index in [4.69, 9.17) is 0 Å². The highest BCUT2D eigenvalue weighted by molar-refractivity contribution is 5.75. The molecular weight excluding hydrogens is 174 g/mol. The Morgan fingerprint density at radius 1 is 1.50 bits per heavy atom. The molecule has 1 saturated carbocycles. The van der Waals surface area contributed by atoms with Gasteiger partial charge >= 0.3 is 0 Å². The molecule has 14 heavy (non-hydrogen) atoms. The second-order valence-corrected chi connectivity index (χ2v) is 5.41. The Hall–Kier alpha value is -0.530. The maximum atomic E-state index is 11.3. The summed E-state index contributed by atoms with van der Waals surface area (Å²) < 4.78 is 0. The number of nitrogens with one attached hydrogen (secondary N) is 1. The van der Waals surface area contributed by atoms with Crippen molar-refractivity contribution in [1.29, 1.82) is 0 Å². The monoisotopic (exact) mass is 197 g/mol. The lowest BCUT2D eigenvalue weighted by molar-refractivity contribution is -0.122. The summed E-state index contributed by atoms with van der Waals surface area (Å²) in [7, 11) is 0. The van der Waals surface area contributed by atoms with Crippen molar-refractivity contribution in [1.82, 2.24) is 5.32 Å². The fraction of sp³-hybridized carbons (Fsp3) is 0.917. The standard InChI is InChI=1S/C12H23NO/c1-5-11(14)13-10-8-12(3,4)7-6-9(10)2/h9-10H,5-8H2,1-4H3,(H,13,14). The van der Waals surface area contributed by atoms with E-state index >= 15 is 0 Å². The van der Waals surface area contributed by atoms with Crippen LogP contribution in [0.4, 0.5) is 0 Å². The molecule has 2 nitrogen and oxygen atoms in total. The molecular formula is C12H23NO. The normalized spacial score (nSPS) is 31.1. The molecule has 0 aliphatic heterocycles. The molecule has 0 spiro atoms. The van der Waals surface area contributed by atoms with E-state index in [1.165, 1.54) is 12.8 Å². The molecule has 0 bridgehead atoms. The molecule has 0 aromatic rings. The predicted molar refractivity (Wildman–Crippen MR) is 59.0 cm³/mol. The summed E-state index contributed by atoms with van der Waals surface area (Å²) in [6, 6.07) is 0.395. The van der Waals surface area contributed by atoms with Gasteiger partial charge in [0.1, 0.15) is 0 Å². The third-order valence-corrected chi connectivity index (χ3v) is 3.40. The van der Waals surface area contributed by atoms with Crippen LogP contribution in [0.15, 0.2) is 0 Å². The van der Waals surface area contributed by atoms with Gasteiger partial charge in [-0.05, 0) is 30.6 Å². The zero-order chi connectivity index (χ0) is 10.8. The quantitative estimate of drug-likeness (QED) is 0.724. The fourth-order valence-electron chi connectivity index (χ4n) is 2.22. The van der Waals surface area contributed by atoms with Crippen molar-refractivity contribution >= 4 is 5.91 Å². The van der Waals surface area contributed by atoms with Crippen LogP contribution in [0.5, 0.6) is 0 Å².